The van der Waals surface area contributed by atoms with E-state index in [1.807, 2.05) is 42.5 Å². The number of halogens is 1. The Morgan fingerprint density at radius 3 is 2.86 bits per heavy atom. The van der Waals surface area contributed by atoms with Crippen LogP contribution in [0.3, 0.4) is 0 Å². The van der Waals surface area contributed by atoms with Gasteiger partial charge in [-0.3, -0.25) is 0 Å². The summed E-state index contributed by atoms with van der Waals surface area (Å²) in [5.74, 6) is 1.69. The second kappa shape index (κ2) is 6.08. The standard InChI is InChI=1S/C17H17BrO3/c1-20-16-7-6-11(10-14(16)18)17(19)13-8-9-21-15-5-3-2-4-12(13)15/h2-7,10,13,17,19H,8-9H2,1H3. The van der Waals surface area contributed by atoms with E-state index in [9.17, 15) is 5.11 Å². The van der Waals surface area contributed by atoms with Gasteiger partial charge in [0.2, 0.25) is 0 Å². The van der Waals surface area contributed by atoms with Gasteiger partial charge in [-0.25, -0.2) is 0 Å². The van der Waals surface area contributed by atoms with E-state index in [0.717, 1.165) is 33.5 Å². The number of fused-ring (bicyclic) bond motifs is 1. The van der Waals surface area contributed by atoms with Crippen molar-refractivity contribution in [1.29, 1.82) is 0 Å². The average Bonchev–Trinajstić information content (AvgIpc) is 2.53. The molecule has 1 aliphatic rings. The number of benzene rings is 2. The summed E-state index contributed by atoms with van der Waals surface area (Å²) in [5.41, 5.74) is 1.95. The lowest BCUT2D eigenvalue weighted by Crippen LogP contribution is -2.20. The van der Waals surface area contributed by atoms with Crippen LogP contribution >= 0.6 is 15.9 Å². The third kappa shape index (κ3) is 2.78. The zero-order chi connectivity index (χ0) is 14.8. The molecular formula is C17H17BrO3. The molecule has 0 spiro atoms. The van der Waals surface area contributed by atoms with E-state index >= 15 is 0 Å². The summed E-state index contributed by atoms with van der Waals surface area (Å²) in [7, 11) is 1.63. The summed E-state index contributed by atoms with van der Waals surface area (Å²) in [6, 6.07) is 13.6. The number of aliphatic hydroxyl groups is 1. The molecule has 0 saturated carbocycles. The van der Waals surface area contributed by atoms with E-state index in [1.165, 1.54) is 0 Å². The topological polar surface area (TPSA) is 38.7 Å². The summed E-state index contributed by atoms with van der Waals surface area (Å²) < 4.78 is 11.7. The lowest BCUT2D eigenvalue weighted by Gasteiger charge is -2.29. The first-order valence-corrected chi connectivity index (χ1v) is 7.73. The number of methoxy groups -OCH3 is 1. The van der Waals surface area contributed by atoms with Crippen LogP contribution in [0.15, 0.2) is 46.9 Å². The quantitative estimate of drug-likeness (QED) is 0.908. The van der Waals surface area contributed by atoms with Crippen molar-refractivity contribution in [1.82, 2.24) is 0 Å². The molecule has 0 amide bonds. The second-order valence-corrected chi connectivity index (χ2v) is 5.97. The zero-order valence-corrected chi connectivity index (χ0v) is 13.3. The van der Waals surface area contributed by atoms with E-state index in [2.05, 4.69) is 15.9 Å². The van der Waals surface area contributed by atoms with Crippen LogP contribution in [0.4, 0.5) is 0 Å². The van der Waals surface area contributed by atoms with Gasteiger partial charge in [0.25, 0.3) is 0 Å². The highest BCUT2D eigenvalue weighted by molar-refractivity contribution is 9.10. The van der Waals surface area contributed by atoms with E-state index < -0.39 is 6.10 Å². The maximum atomic E-state index is 10.8. The molecule has 1 aliphatic heterocycles. The molecule has 3 nitrogen and oxygen atoms in total. The molecule has 0 bridgehead atoms. The predicted octanol–water partition coefficient (Wildman–Crippen LogP) is 4.06. The van der Waals surface area contributed by atoms with Crippen LogP contribution in [0, 0.1) is 0 Å². The van der Waals surface area contributed by atoms with Crippen LogP contribution in [-0.4, -0.2) is 18.8 Å². The van der Waals surface area contributed by atoms with Gasteiger partial charge in [0.15, 0.2) is 0 Å². The number of rotatable bonds is 3. The minimum Gasteiger partial charge on any atom is -0.496 e. The normalized spacial score (nSPS) is 18.5. The zero-order valence-electron chi connectivity index (χ0n) is 11.8. The summed E-state index contributed by atoms with van der Waals surface area (Å²) in [4.78, 5) is 0. The van der Waals surface area contributed by atoms with Crippen molar-refractivity contribution in [3.63, 3.8) is 0 Å². The van der Waals surface area contributed by atoms with Crippen LogP contribution in [-0.2, 0) is 0 Å². The van der Waals surface area contributed by atoms with Crippen LogP contribution < -0.4 is 9.47 Å². The van der Waals surface area contributed by atoms with Crippen LogP contribution in [0.1, 0.15) is 29.6 Å². The second-order valence-electron chi connectivity index (χ2n) is 5.12. The first kappa shape index (κ1) is 14.4. The van der Waals surface area contributed by atoms with E-state index in [-0.39, 0.29) is 5.92 Å². The highest BCUT2D eigenvalue weighted by atomic mass is 79.9. The summed E-state index contributed by atoms with van der Waals surface area (Å²) in [5, 5.41) is 10.8. The van der Waals surface area contributed by atoms with Gasteiger partial charge >= 0.3 is 0 Å². The third-order valence-electron chi connectivity index (χ3n) is 3.90. The molecule has 2 unspecified atom stereocenters. The fraction of sp³-hybridized carbons (Fsp3) is 0.294. The SMILES string of the molecule is COc1ccc(C(O)C2CCOc3ccccc32)cc1Br. The molecule has 0 saturated heterocycles. The van der Waals surface area contributed by atoms with Crippen molar-refractivity contribution in [2.24, 2.45) is 0 Å². The van der Waals surface area contributed by atoms with Crippen molar-refractivity contribution in [2.75, 3.05) is 13.7 Å². The Kier molecular flexibility index (Phi) is 4.17. The van der Waals surface area contributed by atoms with Crippen LogP contribution in [0.5, 0.6) is 11.5 Å². The van der Waals surface area contributed by atoms with Gasteiger partial charge < -0.3 is 14.6 Å². The molecular weight excluding hydrogens is 332 g/mol. The molecule has 3 rings (SSSR count). The number of para-hydroxylation sites is 1. The largest absolute Gasteiger partial charge is 0.496 e. The minimum absolute atomic E-state index is 0.0512. The average molecular weight is 349 g/mol. The Morgan fingerprint density at radius 2 is 2.10 bits per heavy atom. The maximum absolute atomic E-state index is 10.8. The van der Waals surface area contributed by atoms with Crippen LogP contribution in [0.2, 0.25) is 0 Å². The highest BCUT2D eigenvalue weighted by Crippen LogP contribution is 2.42. The molecule has 21 heavy (non-hydrogen) atoms. The maximum Gasteiger partial charge on any atom is 0.133 e. The first-order chi connectivity index (χ1) is 10.2. The lowest BCUT2D eigenvalue weighted by molar-refractivity contribution is 0.117. The molecule has 1 N–H and O–H groups in total. The van der Waals surface area contributed by atoms with Crippen molar-refractivity contribution >= 4 is 15.9 Å². The number of ether oxygens (including phenoxy) is 2. The first-order valence-electron chi connectivity index (χ1n) is 6.94. The molecule has 0 aromatic heterocycles. The fourth-order valence-corrected chi connectivity index (χ4v) is 3.35. The van der Waals surface area contributed by atoms with Gasteiger partial charge in [0.1, 0.15) is 11.5 Å². The van der Waals surface area contributed by atoms with Gasteiger partial charge in [0, 0.05) is 11.5 Å². The minimum atomic E-state index is -0.558. The predicted molar refractivity (Wildman–Crippen MR) is 84.9 cm³/mol. The van der Waals surface area contributed by atoms with E-state index in [1.54, 1.807) is 7.11 Å². The van der Waals surface area contributed by atoms with E-state index in [4.69, 9.17) is 9.47 Å². The summed E-state index contributed by atoms with van der Waals surface area (Å²) in [6.07, 6.45) is 0.249. The molecule has 0 radical (unpaired) electrons. The molecule has 2 aromatic carbocycles. The van der Waals surface area contributed by atoms with Crippen molar-refractivity contribution in [2.45, 2.75) is 18.4 Å². The number of aliphatic hydroxyl groups excluding tert-OH is 1. The monoisotopic (exact) mass is 348 g/mol. The van der Waals surface area contributed by atoms with Gasteiger partial charge in [-0.2, -0.15) is 0 Å². The Balaban J connectivity index is 1.92. The molecule has 1 heterocycles. The molecule has 2 aromatic rings. The fourth-order valence-electron chi connectivity index (χ4n) is 2.80. The highest BCUT2D eigenvalue weighted by Gasteiger charge is 2.28. The molecule has 4 heteroatoms. The Morgan fingerprint density at radius 1 is 1.29 bits per heavy atom. The number of hydrogen-bond acceptors (Lipinski definition) is 3. The number of hydrogen-bond donors (Lipinski definition) is 1. The molecule has 2 atom stereocenters. The summed E-state index contributed by atoms with van der Waals surface area (Å²) >= 11 is 3.47. The van der Waals surface area contributed by atoms with Crippen molar-refractivity contribution in [3.05, 3.63) is 58.1 Å². The Labute approximate surface area is 132 Å². The van der Waals surface area contributed by atoms with Gasteiger partial charge in [0.05, 0.1) is 24.3 Å². The van der Waals surface area contributed by atoms with Gasteiger partial charge in [-0.1, -0.05) is 24.3 Å². The molecule has 0 aliphatic carbocycles. The Bertz CT molecular complexity index is 642. The lowest BCUT2D eigenvalue weighted by atomic mass is 9.85. The van der Waals surface area contributed by atoms with Gasteiger partial charge in [-0.05, 0) is 46.1 Å². The van der Waals surface area contributed by atoms with E-state index in [0.29, 0.717) is 6.61 Å². The smallest absolute Gasteiger partial charge is 0.133 e. The molecule has 0 fully saturated rings. The third-order valence-corrected chi connectivity index (χ3v) is 4.52. The molecule has 110 valence electrons. The van der Waals surface area contributed by atoms with Crippen molar-refractivity contribution < 1.29 is 14.6 Å². The van der Waals surface area contributed by atoms with Gasteiger partial charge in [-0.15, -0.1) is 0 Å². The van der Waals surface area contributed by atoms with Crippen LogP contribution in [0.25, 0.3) is 0 Å². The Hall–Kier alpha value is -1.52. The summed E-state index contributed by atoms with van der Waals surface area (Å²) in [6.45, 7) is 0.635. The van der Waals surface area contributed by atoms with Crippen molar-refractivity contribution in [3.8, 4) is 11.5 Å².